The minimum absolute atomic E-state index is 0.345. The molecular weight excluding hydrogens is 312 g/mol. The minimum atomic E-state index is -3.44. The highest BCUT2D eigenvalue weighted by atomic mass is 32.2. The first-order chi connectivity index (χ1) is 10.8. The Labute approximate surface area is 139 Å². The van der Waals surface area contributed by atoms with E-state index in [4.69, 9.17) is 0 Å². The fraction of sp³-hybridized carbons (Fsp3) is 0.812. The molecule has 7 heteroatoms. The predicted molar refractivity (Wildman–Crippen MR) is 89.8 cm³/mol. The third-order valence-electron chi connectivity index (χ3n) is 5.71. The maximum Gasteiger partial charge on any atom is 0.246 e. The van der Waals surface area contributed by atoms with Crippen LogP contribution in [-0.4, -0.2) is 61.0 Å². The molecule has 6 nitrogen and oxygen atoms in total. The van der Waals surface area contributed by atoms with Crippen molar-refractivity contribution < 1.29 is 8.42 Å². The van der Waals surface area contributed by atoms with Crippen LogP contribution in [0.5, 0.6) is 0 Å². The number of likely N-dealkylation sites (tertiary alicyclic amines) is 1. The van der Waals surface area contributed by atoms with Gasteiger partial charge in [-0.1, -0.05) is 0 Å². The monoisotopic (exact) mass is 340 g/mol. The first kappa shape index (κ1) is 16.9. The van der Waals surface area contributed by atoms with Crippen LogP contribution in [0.2, 0.25) is 0 Å². The number of rotatable bonds is 2. The summed E-state index contributed by atoms with van der Waals surface area (Å²) in [4.78, 5) is 2.75. The zero-order valence-corrected chi connectivity index (χ0v) is 15.2. The third-order valence-corrected chi connectivity index (χ3v) is 7.87. The van der Waals surface area contributed by atoms with E-state index in [2.05, 4.69) is 22.1 Å². The van der Waals surface area contributed by atoms with Crippen molar-refractivity contribution in [2.45, 2.75) is 50.8 Å². The van der Waals surface area contributed by atoms with E-state index in [1.54, 1.807) is 18.2 Å². The number of hydrogen-bond acceptors (Lipinski definition) is 4. The van der Waals surface area contributed by atoms with Crippen molar-refractivity contribution in [3.63, 3.8) is 0 Å². The largest absolute Gasteiger partial charge is 0.306 e. The lowest BCUT2D eigenvalue weighted by Crippen LogP contribution is -2.39. The van der Waals surface area contributed by atoms with Crippen molar-refractivity contribution >= 4 is 10.0 Å². The van der Waals surface area contributed by atoms with Gasteiger partial charge in [-0.25, -0.2) is 8.42 Å². The normalized spacial score (nSPS) is 24.0. The molecule has 1 aromatic heterocycles. The zero-order chi connectivity index (χ0) is 16.7. The van der Waals surface area contributed by atoms with Crippen LogP contribution in [0, 0.1) is 19.3 Å². The fourth-order valence-corrected chi connectivity index (χ4v) is 5.92. The van der Waals surface area contributed by atoms with Gasteiger partial charge in [0.15, 0.2) is 0 Å². The zero-order valence-electron chi connectivity index (χ0n) is 14.4. The fourth-order valence-electron chi connectivity index (χ4n) is 4.11. The van der Waals surface area contributed by atoms with Crippen molar-refractivity contribution in [1.29, 1.82) is 0 Å². The summed E-state index contributed by atoms with van der Waals surface area (Å²) in [6, 6.07) is 0. The molecule has 23 heavy (non-hydrogen) atoms. The third kappa shape index (κ3) is 3.19. The van der Waals surface area contributed by atoms with E-state index in [0.717, 1.165) is 32.4 Å². The summed E-state index contributed by atoms with van der Waals surface area (Å²) in [6.45, 7) is 7.06. The van der Waals surface area contributed by atoms with Gasteiger partial charge in [0.2, 0.25) is 10.0 Å². The number of aryl methyl sites for hydroxylation is 2. The molecule has 2 aliphatic rings. The number of sulfonamides is 1. The maximum absolute atomic E-state index is 13.0. The highest BCUT2D eigenvalue weighted by molar-refractivity contribution is 7.89. The lowest BCUT2D eigenvalue weighted by Gasteiger charge is -2.40. The number of H-pyrrole nitrogens is 1. The van der Waals surface area contributed by atoms with Crippen LogP contribution < -0.4 is 0 Å². The molecule has 1 spiro atoms. The summed E-state index contributed by atoms with van der Waals surface area (Å²) in [5.41, 5.74) is 1.55. The van der Waals surface area contributed by atoms with E-state index in [0.29, 0.717) is 34.8 Å². The molecule has 130 valence electrons. The molecule has 1 aromatic rings. The molecule has 0 atom stereocenters. The summed E-state index contributed by atoms with van der Waals surface area (Å²) in [5, 5.41) is 6.85. The molecule has 0 aromatic carbocycles. The lowest BCUT2D eigenvalue weighted by atomic mass is 9.73. The molecule has 0 amide bonds. The van der Waals surface area contributed by atoms with Gasteiger partial charge in [0.05, 0.1) is 11.4 Å². The van der Waals surface area contributed by atoms with Gasteiger partial charge in [-0.3, -0.25) is 5.10 Å². The van der Waals surface area contributed by atoms with E-state index < -0.39 is 10.0 Å². The van der Waals surface area contributed by atoms with E-state index in [-0.39, 0.29) is 0 Å². The molecular formula is C16H28N4O2S. The number of hydrogen-bond donors (Lipinski definition) is 1. The van der Waals surface area contributed by atoms with Crippen LogP contribution in [0.3, 0.4) is 0 Å². The van der Waals surface area contributed by atoms with Gasteiger partial charge in [-0.05, 0) is 71.5 Å². The SMILES string of the molecule is Cc1n[nH]c(C)c1S(=O)(=O)N1CCCC2(CCN(C)CC2)CC1. The minimum Gasteiger partial charge on any atom is -0.306 e. The van der Waals surface area contributed by atoms with Crippen molar-refractivity contribution in [3.8, 4) is 0 Å². The van der Waals surface area contributed by atoms with Crippen molar-refractivity contribution in [1.82, 2.24) is 19.4 Å². The average molecular weight is 340 g/mol. The van der Waals surface area contributed by atoms with Crippen molar-refractivity contribution in [2.75, 3.05) is 33.2 Å². The molecule has 0 unspecified atom stereocenters. The van der Waals surface area contributed by atoms with Crippen LogP contribution in [0.25, 0.3) is 0 Å². The summed E-state index contributed by atoms with van der Waals surface area (Å²) in [5.74, 6) is 0. The smallest absolute Gasteiger partial charge is 0.246 e. The van der Waals surface area contributed by atoms with Crippen LogP contribution in [0.4, 0.5) is 0 Å². The van der Waals surface area contributed by atoms with Gasteiger partial charge in [0, 0.05) is 13.1 Å². The second-order valence-corrected chi connectivity index (χ2v) is 9.20. The Morgan fingerprint density at radius 1 is 1.04 bits per heavy atom. The van der Waals surface area contributed by atoms with Crippen LogP contribution >= 0.6 is 0 Å². The van der Waals surface area contributed by atoms with E-state index in [9.17, 15) is 8.42 Å². The van der Waals surface area contributed by atoms with Gasteiger partial charge in [0.1, 0.15) is 4.90 Å². The van der Waals surface area contributed by atoms with Crippen LogP contribution in [-0.2, 0) is 10.0 Å². The van der Waals surface area contributed by atoms with Crippen LogP contribution in [0.15, 0.2) is 4.90 Å². The number of nitrogens with one attached hydrogen (secondary N) is 1. The predicted octanol–water partition coefficient (Wildman–Crippen LogP) is 1.91. The Morgan fingerprint density at radius 2 is 1.70 bits per heavy atom. The maximum atomic E-state index is 13.0. The molecule has 3 heterocycles. The Balaban J connectivity index is 1.78. The van der Waals surface area contributed by atoms with Gasteiger partial charge in [-0.15, -0.1) is 0 Å². The first-order valence-corrected chi connectivity index (χ1v) is 9.98. The Hall–Kier alpha value is -0.920. The number of piperidine rings is 1. The Bertz CT molecular complexity index is 640. The van der Waals surface area contributed by atoms with Gasteiger partial charge in [-0.2, -0.15) is 9.40 Å². The summed E-state index contributed by atoms with van der Waals surface area (Å²) < 4.78 is 27.7. The average Bonchev–Trinajstić information content (AvgIpc) is 2.72. The molecule has 2 saturated heterocycles. The number of nitrogens with zero attached hydrogens (tertiary/aromatic N) is 3. The quantitative estimate of drug-likeness (QED) is 0.893. The van der Waals surface area contributed by atoms with E-state index in [1.807, 2.05) is 0 Å². The molecule has 1 N–H and O–H groups in total. The van der Waals surface area contributed by atoms with E-state index in [1.165, 1.54) is 12.8 Å². The van der Waals surface area contributed by atoms with Crippen molar-refractivity contribution in [2.24, 2.45) is 5.41 Å². The number of aromatic nitrogens is 2. The summed E-state index contributed by atoms with van der Waals surface area (Å²) >= 11 is 0. The molecule has 2 aliphatic heterocycles. The standard InChI is InChI=1S/C16H28N4O2S/c1-13-15(14(2)18-17-13)23(21,22)20-9-4-5-16(8-12-20)6-10-19(3)11-7-16/h4-12H2,1-3H3,(H,17,18). The Morgan fingerprint density at radius 3 is 2.30 bits per heavy atom. The van der Waals surface area contributed by atoms with Gasteiger partial charge in [0.25, 0.3) is 0 Å². The topological polar surface area (TPSA) is 69.3 Å². The Kier molecular flexibility index (Phi) is 4.55. The highest BCUT2D eigenvalue weighted by Crippen LogP contribution is 2.41. The molecule has 3 rings (SSSR count). The second-order valence-electron chi connectivity index (χ2n) is 7.32. The first-order valence-electron chi connectivity index (χ1n) is 8.54. The molecule has 0 radical (unpaired) electrons. The molecule has 0 saturated carbocycles. The summed E-state index contributed by atoms with van der Waals surface area (Å²) in [7, 11) is -1.27. The van der Waals surface area contributed by atoms with E-state index >= 15 is 0 Å². The molecule has 0 bridgehead atoms. The van der Waals surface area contributed by atoms with Crippen molar-refractivity contribution in [3.05, 3.63) is 11.4 Å². The molecule has 2 fully saturated rings. The highest BCUT2D eigenvalue weighted by Gasteiger charge is 2.38. The van der Waals surface area contributed by atoms with Gasteiger partial charge < -0.3 is 4.90 Å². The number of aromatic amines is 1. The lowest BCUT2D eigenvalue weighted by molar-refractivity contribution is 0.107. The van der Waals surface area contributed by atoms with Crippen LogP contribution in [0.1, 0.15) is 43.5 Å². The molecule has 0 aliphatic carbocycles. The summed E-state index contributed by atoms with van der Waals surface area (Å²) in [6.07, 6.45) is 5.48. The van der Waals surface area contributed by atoms with Gasteiger partial charge >= 0.3 is 0 Å². The second kappa shape index (κ2) is 6.18.